The van der Waals surface area contributed by atoms with Gasteiger partial charge in [0.05, 0.1) is 19.4 Å². The van der Waals surface area contributed by atoms with Crippen molar-refractivity contribution in [2.45, 2.75) is 22.5 Å². The molecular formula is C17H17ClFN4O3S2+. The number of nitrogens with zero attached hydrogens (tertiary/aromatic N) is 2. The number of halogens is 2. The van der Waals surface area contributed by atoms with Gasteiger partial charge in [-0.05, 0) is 46.9 Å². The summed E-state index contributed by atoms with van der Waals surface area (Å²) in [5.74, 6) is -0.420. The van der Waals surface area contributed by atoms with E-state index >= 15 is 0 Å². The normalized spacial score (nSPS) is 11.1. The van der Waals surface area contributed by atoms with Gasteiger partial charge in [-0.2, -0.15) is 5.48 Å². The van der Waals surface area contributed by atoms with Crippen molar-refractivity contribution in [1.82, 2.24) is 15.0 Å². The van der Waals surface area contributed by atoms with Gasteiger partial charge in [0.25, 0.3) is 5.56 Å². The lowest BCUT2D eigenvalue weighted by molar-refractivity contribution is -0.827. The number of quaternary nitrogens is 1. The van der Waals surface area contributed by atoms with Gasteiger partial charge in [-0.1, -0.05) is 11.6 Å². The van der Waals surface area contributed by atoms with E-state index in [4.69, 9.17) is 21.2 Å². The number of thiazole rings is 1. The van der Waals surface area contributed by atoms with Gasteiger partial charge in [0.1, 0.15) is 12.0 Å². The highest BCUT2D eigenvalue weighted by Gasteiger charge is 2.16. The van der Waals surface area contributed by atoms with Crippen LogP contribution in [0.1, 0.15) is 16.8 Å². The Hall–Kier alpha value is -1.82. The predicted octanol–water partition coefficient (Wildman–Crippen LogP) is 2.66. The molecule has 0 amide bonds. The van der Waals surface area contributed by atoms with Gasteiger partial charge in [-0.25, -0.2) is 19.2 Å². The van der Waals surface area contributed by atoms with Gasteiger partial charge in [-0.3, -0.25) is 4.79 Å². The number of hydrogen-bond donors (Lipinski definition) is 2. The van der Waals surface area contributed by atoms with E-state index in [0.29, 0.717) is 31.3 Å². The molecule has 0 aliphatic rings. The van der Waals surface area contributed by atoms with E-state index in [1.54, 1.807) is 18.8 Å². The number of ether oxygens (including phenoxy) is 1. The highest BCUT2D eigenvalue weighted by atomic mass is 35.5. The summed E-state index contributed by atoms with van der Waals surface area (Å²) < 4.78 is 19.5. The number of benzene rings is 1. The molecule has 0 aliphatic heterocycles. The van der Waals surface area contributed by atoms with Crippen LogP contribution in [0.3, 0.4) is 0 Å². The molecule has 3 rings (SSSR count). The second-order valence-electron chi connectivity index (χ2n) is 5.63. The number of nitrogens with one attached hydrogen (secondary N) is 1. The number of rotatable bonds is 8. The zero-order chi connectivity index (χ0) is 20.1. The lowest BCUT2D eigenvalue weighted by atomic mass is 10.0. The van der Waals surface area contributed by atoms with Crippen LogP contribution < -0.4 is 11.0 Å². The van der Waals surface area contributed by atoms with E-state index in [-0.39, 0.29) is 18.6 Å². The minimum atomic E-state index is -0.420. The maximum Gasteiger partial charge on any atom is 0.255 e. The second kappa shape index (κ2) is 9.59. The van der Waals surface area contributed by atoms with Crippen LogP contribution in [0.4, 0.5) is 9.39 Å². The summed E-state index contributed by atoms with van der Waals surface area (Å²) in [4.78, 5) is 29.2. The molecule has 148 valence electrons. The summed E-state index contributed by atoms with van der Waals surface area (Å²) >= 11 is 8.78. The van der Waals surface area contributed by atoms with Gasteiger partial charge < -0.3 is 9.72 Å². The van der Waals surface area contributed by atoms with Crippen LogP contribution in [-0.2, 0) is 22.6 Å². The van der Waals surface area contributed by atoms with Crippen LogP contribution in [0.2, 0.25) is 5.02 Å². The molecule has 0 atom stereocenters. The van der Waals surface area contributed by atoms with E-state index in [1.807, 2.05) is 0 Å². The molecule has 3 N–H and O–H groups in total. The van der Waals surface area contributed by atoms with Crippen LogP contribution in [0.25, 0.3) is 0 Å². The molecule has 0 aliphatic carbocycles. The number of H-pyrrole nitrogens is 1. The molecule has 3 aromatic rings. The minimum absolute atomic E-state index is 0.139. The van der Waals surface area contributed by atoms with Crippen molar-refractivity contribution in [3.63, 3.8) is 0 Å². The molecule has 1 aromatic carbocycles. The third kappa shape index (κ3) is 5.16. The topological polar surface area (TPSA) is 93.7 Å². The number of aromatic nitrogens is 3. The summed E-state index contributed by atoms with van der Waals surface area (Å²) in [7, 11) is 3.08. The highest BCUT2D eigenvalue weighted by Crippen LogP contribution is 2.30. The van der Waals surface area contributed by atoms with Gasteiger partial charge in [0, 0.05) is 24.1 Å². The maximum absolute atomic E-state index is 13.6. The SMILES string of the molecule is COCc1nc(Sc2ncc([NH2+]OC)s2)[nH]c(=O)c1Cc1cc(F)ccc1Cl. The fraction of sp³-hybridized carbons (Fsp3) is 0.235. The van der Waals surface area contributed by atoms with Gasteiger partial charge in [0.15, 0.2) is 9.50 Å². The summed E-state index contributed by atoms with van der Waals surface area (Å²) in [6, 6.07) is 4.04. The van der Waals surface area contributed by atoms with Crippen molar-refractivity contribution in [3.8, 4) is 0 Å². The first-order chi connectivity index (χ1) is 13.5. The molecule has 0 saturated heterocycles. The first kappa shape index (κ1) is 20.9. The van der Waals surface area contributed by atoms with Crippen LogP contribution in [0, 0.1) is 5.82 Å². The lowest BCUT2D eigenvalue weighted by Gasteiger charge is -2.10. The highest BCUT2D eigenvalue weighted by molar-refractivity contribution is 8.00. The number of aromatic amines is 1. The van der Waals surface area contributed by atoms with E-state index in [0.717, 1.165) is 5.00 Å². The predicted molar refractivity (Wildman–Crippen MR) is 105 cm³/mol. The maximum atomic E-state index is 13.6. The molecule has 11 heteroatoms. The molecular weight excluding hydrogens is 427 g/mol. The van der Waals surface area contributed by atoms with Crippen molar-refractivity contribution < 1.29 is 19.4 Å². The summed E-state index contributed by atoms with van der Waals surface area (Å²) in [6.07, 6.45) is 1.82. The fourth-order valence-electron chi connectivity index (χ4n) is 2.45. The van der Waals surface area contributed by atoms with Crippen molar-refractivity contribution in [2.24, 2.45) is 0 Å². The van der Waals surface area contributed by atoms with E-state index in [2.05, 4.69) is 15.0 Å². The Morgan fingerprint density at radius 3 is 2.96 bits per heavy atom. The van der Waals surface area contributed by atoms with Crippen molar-refractivity contribution in [2.75, 3.05) is 14.2 Å². The van der Waals surface area contributed by atoms with E-state index in [1.165, 1.54) is 48.4 Å². The van der Waals surface area contributed by atoms with E-state index in [9.17, 15) is 9.18 Å². The molecule has 0 saturated carbocycles. The minimum Gasteiger partial charge on any atom is -0.378 e. The molecule has 2 aromatic heterocycles. The largest absolute Gasteiger partial charge is 0.378 e. The van der Waals surface area contributed by atoms with E-state index < -0.39 is 5.82 Å². The Labute approximate surface area is 173 Å². The van der Waals surface area contributed by atoms with Crippen LogP contribution in [0.15, 0.2) is 38.7 Å². The fourth-order valence-corrected chi connectivity index (χ4v) is 4.45. The van der Waals surface area contributed by atoms with Crippen molar-refractivity contribution >= 4 is 39.7 Å². The Bertz CT molecular complexity index is 1030. The first-order valence-corrected chi connectivity index (χ1v) is 10.1. The van der Waals surface area contributed by atoms with Gasteiger partial charge in [-0.15, -0.1) is 0 Å². The second-order valence-corrected chi connectivity index (χ2v) is 8.33. The number of methoxy groups -OCH3 is 1. The average molecular weight is 444 g/mol. The summed E-state index contributed by atoms with van der Waals surface area (Å²) in [5, 5.41) is 1.62. The molecule has 0 fully saturated rings. The third-order valence-corrected chi connectivity index (χ3v) is 5.91. The van der Waals surface area contributed by atoms with Crippen LogP contribution in [0.5, 0.6) is 0 Å². The smallest absolute Gasteiger partial charge is 0.255 e. The number of hydrogen-bond acceptors (Lipinski definition) is 7. The van der Waals surface area contributed by atoms with Crippen molar-refractivity contribution in [1.29, 1.82) is 0 Å². The van der Waals surface area contributed by atoms with Crippen LogP contribution >= 0.6 is 34.7 Å². The molecule has 0 spiro atoms. The quantitative estimate of drug-likeness (QED) is 0.410. The van der Waals surface area contributed by atoms with Crippen molar-refractivity contribution in [3.05, 3.63) is 62.4 Å². The Morgan fingerprint density at radius 2 is 2.21 bits per heavy atom. The molecule has 0 unspecified atom stereocenters. The van der Waals surface area contributed by atoms with Gasteiger partial charge in [0.2, 0.25) is 5.00 Å². The Kier molecular flexibility index (Phi) is 7.16. The molecule has 0 radical (unpaired) electrons. The van der Waals surface area contributed by atoms with Crippen LogP contribution in [-0.4, -0.2) is 29.2 Å². The third-order valence-electron chi connectivity index (χ3n) is 3.66. The van der Waals surface area contributed by atoms with Gasteiger partial charge >= 0.3 is 0 Å². The molecule has 2 heterocycles. The monoisotopic (exact) mass is 443 g/mol. The summed E-state index contributed by atoms with van der Waals surface area (Å²) in [5.41, 5.74) is 2.61. The first-order valence-electron chi connectivity index (χ1n) is 8.04. The summed E-state index contributed by atoms with van der Waals surface area (Å²) in [6.45, 7) is 0.139. The lowest BCUT2D eigenvalue weighted by Crippen LogP contribution is -2.75. The number of nitrogens with two attached hydrogens (primary N) is 1. The average Bonchev–Trinajstić information content (AvgIpc) is 3.08. The Morgan fingerprint density at radius 1 is 1.39 bits per heavy atom. The molecule has 28 heavy (non-hydrogen) atoms. The standard InChI is InChI=1S/C17H16ClFN4O3S2/c1-25-8-13-11(6-9-5-10(19)3-4-12(9)18)15(24)22-16(21-13)28-17-20-7-14(27-17)23-26-2/h3-5,7,23H,6,8H2,1-2H3,(H,21,22,24)/p+1. The molecule has 7 nitrogen and oxygen atoms in total. The zero-order valence-electron chi connectivity index (χ0n) is 15.0. The Balaban J connectivity index is 1.91. The zero-order valence-corrected chi connectivity index (χ0v) is 17.4. The molecule has 0 bridgehead atoms.